The van der Waals surface area contributed by atoms with E-state index in [1.807, 2.05) is 0 Å². The van der Waals surface area contributed by atoms with Crippen LogP contribution in [-0.4, -0.2) is 35.3 Å². The van der Waals surface area contributed by atoms with Gasteiger partial charge in [-0.2, -0.15) is 10.2 Å². The van der Waals surface area contributed by atoms with Gasteiger partial charge >= 0.3 is 0 Å². The second-order valence-corrected chi connectivity index (χ2v) is 3.49. The molecule has 0 radical (unpaired) electrons. The summed E-state index contributed by atoms with van der Waals surface area (Å²) < 4.78 is 0. The second kappa shape index (κ2) is 6.72. The molecule has 76 valence electrons. The lowest BCUT2D eigenvalue weighted by atomic mass is 11.1. The minimum absolute atomic E-state index is 0.215. The quantitative estimate of drug-likeness (QED) is 0.165. The monoisotopic (exact) mass is 222 g/mol. The van der Waals surface area contributed by atoms with Crippen molar-refractivity contribution in [1.29, 1.82) is 0 Å². The maximum atomic E-state index is 5.49. The van der Waals surface area contributed by atoms with Gasteiger partial charge in [-0.05, 0) is 0 Å². The van der Waals surface area contributed by atoms with Crippen molar-refractivity contribution < 1.29 is 0 Å². The molecule has 0 fully saturated rings. The van der Waals surface area contributed by atoms with Gasteiger partial charge in [-0.1, -0.05) is 11.8 Å². The van der Waals surface area contributed by atoms with Gasteiger partial charge < -0.3 is 16.9 Å². The van der Waals surface area contributed by atoms with Gasteiger partial charge in [0, 0.05) is 14.1 Å². The van der Waals surface area contributed by atoms with Crippen LogP contribution in [0.5, 0.6) is 0 Å². The summed E-state index contributed by atoms with van der Waals surface area (Å²) in [5.74, 6) is 0.568. The predicted octanol–water partition coefficient (Wildman–Crippen LogP) is -0.782. The van der Waals surface area contributed by atoms with Crippen LogP contribution in [0, 0.1) is 0 Å². The zero-order chi connectivity index (χ0) is 10.3. The highest BCUT2D eigenvalue weighted by atomic mass is 32.2. The van der Waals surface area contributed by atoms with Gasteiger partial charge in [0.1, 0.15) is 0 Å². The third kappa shape index (κ3) is 7.60. The Morgan fingerprint density at radius 2 is 2.23 bits per heavy atom. The van der Waals surface area contributed by atoms with E-state index in [0.29, 0.717) is 11.0 Å². The van der Waals surface area contributed by atoms with Gasteiger partial charge in [-0.3, -0.25) is 5.01 Å². The van der Waals surface area contributed by atoms with Crippen molar-refractivity contribution in [2.24, 2.45) is 21.7 Å². The van der Waals surface area contributed by atoms with Gasteiger partial charge in [-0.15, -0.1) is 12.6 Å². The molecule has 0 atom stereocenters. The third-order valence-corrected chi connectivity index (χ3v) is 1.87. The number of hydrogen-bond acceptors (Lipinski definition) is 5. The summed E-state index contributed by atoms with van der Waals surface area (Å²) in [4.78, 5) is 0. The molecule has 0 saturated heterocycles. The first kappa shape index (κ1) is 12.2. The molecule has 0 aliphatic heterocycles. The van der Waals surface area contributed by atoms with Crippen LogP contribution in [0.2, 0.25) is 0 Å². The fourth-order valence-electron chi connectivity index (χ4n) is 0.506. The van der Waals surface area contributed by atoms with E-state index in [0.717, 1.165) is 0 Å². The summed E-state index contributed by atoms with van der Waals surface area (Å²) in [6.07, 6.45) is 0. The van der Waals surface area contributed by atoms with E-state index in [-0.39, 0.29) is 5.17 Å². The Bertz CT molecular complexity index is 199. The largest absolute Gasteiger partial charge is 0.377 e. The van der Waals surface area contributed by atoms with Crippen LogP contribution in [0.15, 0.2) is 10.2 Å². The number of hydrazone groups is 2. The zero-order valence-electron chi connectivity index (χ0n) is 7.56. The Morgan fingerprint density at radius 1 is 1.62 bits per heavy atom. The molecule has 0 saturated carbocycles. The Labute approximate surface area is 87.2 Å². The van der Waals surface area contributed by atoms with Crippen LogP contribution in [0.25, 0.3) is 0 Å². The first-order chi connectivity index (χ1) is 6.06. The smallest absolute Gasteiger partial charge is 0.179 e. The number of hydrogen-bond donors (Lipinski definition) is 4. The maximum Gasteiger partial charge on any atom is 0.179 e. The van der Waals surface area contributed by atoms with Crippen LogP contribution in [-0.2, 0) is 0 Å². The van der Waals surface area contributed by atoms with E-state index >= 15 is 0 Å². The topological polar surface area (TPSA) is 92.0 Å². The average Bonchev–Trinajstić information content (AvgIpc) is 2.00. The van der Waals surface area contributed by atoms with E-state index in [4.69, 9.17) is 11.5 Å². The number of thioether (sulfide) groups is 1. The average molecular weight is 222 g/mol. The lowest BCUT2D eigenvalue weighted by molar-refractivity contribution is 0.422. The molecular weight excluding hydrogens is 208 g/mol. The summed E-state index contributed by atoms with van der Waals surface area (Å²) in [6, 6.07) is 0. The van der Waals surface area contributed by atoms with E-state index < -0.39 is 0 Å². The fourth-order valence-corrected chi connectivity index (χ4v) is 1.19. The standard InChI is InChI=1S/C5H14N6S2/c1-8-9-5(7)13-3-11(2)10-4(6)12/h8H,3H2,1-2H3,(H2,7,9)(H3,6,10,12). The van der Waals surface area contributed by atoms with Crippen molar-refractivity contribution in [3.05, 3.63) is 0 Å². The van der Waals surface area contributed by atoms with E-state index in [1.54, 1.807) is 19.1 Å². The summed E-state index contributed by atoms with van der Waals surface area (Å²) in [5, 5.41) is 9.88. The van der Waals surface area contributed by atoms with E-state index in [1.165, 1.54) is 11.8 Å². The number of rotatable bonds is 4. The molecule has 0 aromatic rings. The lowest BCUT2D eigenvalue weighted by Gasteiger charge is -2.11. The van der Waals surface area contributed by atoms with Gasteiger partial charge in [0.15, 0.2) is 10.3 Å². The number of thiol groups is 1. The summed E-state index contributed by atoms with van der Waals surface area (Å²) in [5.41, 5.74) is 13.3. The minimum Gasteiger partial charge on any atom is -0.377 e. The highest BCUT2D eigenvalue weighted by Crippen LogP contribution is 2.02. The molecule has 0 aromatic carbocycles. The summed E-state index contributed by atoms with van der Waals surface area (Å²) >= 11 is 5.17. The van der Waals surface area contributed by atoms with Crippen molar-refractivity contribution in [1.82, 2.24) is 10.4 Å². The van der Waals surface area contributed by atoms with E-state index in [2.05, 4.69) is 28.3 Å². The molecule has 0 aliphatic rings. The number of amidine groups is 2. The van der Waals surface area contributed by atoms with Crippen molar-refractivity contribution in [3.63, 3.8) is 0 Å². The van der Waals surface area contributed by atoms with Gasteiger partial charge in [-0.25, -0.2) is 0 Å². The Morgan fingerprint density at radius 3 is 2.69 bits per heavy atom. The minimum atomic E-state index is 0.215. The van der Waals surface area contributed by atoms with Crippen LogP contribution in [0.3, 0.4) is 0 Å². The van der Waals surface area contributed by atoms with Crippen LogP contribution < -0.4 is 16.9 Å². The predicted molar refractivity (Wildman–Crippen MR) is 61.5 cm³/mol. The molecular formula is C5H14N6S2. The normalized spacial score (nSPS) is 12.8. The summed E-state index contributed by atoms with van der Waals surface area (Å²) in [6.45, 7) is 0. The number of nitrogens with two attached hydrogens (primary N) is 2. The van der Waals surface area contributed by atoms with Gasteiger partial charge in [0.2, 0.25) is 0 Å². The molecule has 0 amide bonds. The van der Waals surface area contributed by atoms with Crippen LogP contribution >= 0.6 is 24.4 Å². The highest BCUT2D eigenvalue weighted by molar-refractivity contribution is 8.13. The molecule has 13 heavy (non-hydrogen) atoms. The number of nitrogens with one attached hydrogen (secondary N) is 1. The van der Waals surface area contributed by atoms with E-state index in [9.17, 15) is 0 Å². The Balaban J connectivity index is 3.76. The molecule has 0 unspecified atom stereocenters. The molecule has 0 aromatic heterocycles. The molecule has 0 bridgehead atoms. The van der Waals surface area contributed by atoms with Crippen molar-refractivity contribution in [2.75, 3.05) is 20.0 Å². The summed E-state index contributed by atoms with van der Waals surface area (Å²) in [7, 11) is 3.45. The van der Waals surface area contributed by atoms with Crippen LogP contribution in [0.1, 0.15) is 0 Å². The fraction of sp³-hybridized carbons (Fsp3) is 0.600. The molecule has 6 nitrogen and oxygen atoms in total. The van der Waals surface area contributed by atoms with Crippen LogP contribution in [0.4, 0.5) is 0 Å². The van der Waals surface area contributed by atoms with Crippen molar-refractivity contribution in [2.45, 2.75) is 0 Å². The highest BCUT2D eigenvalue weighted by Gasteiger charge is 1.97. The zero-order valence-corrected chi connectivity index (χ0v) is 9.27. The second-order valence-electron chi connectivity index (χ2n) is 2.06. The third-order valence-electron chi connectivity index (χ3n) is 0.894. The first-order valence-electron chi connectivity index (χ1n) is 3.43. The van der Waals surface area contributed by atoms with Gasteiger partial charge in [0.05, 0.1) is 5.88 Å². The molecule has 0 rings (SSSR count). The van der Waals surface area contributed by atoms with Gasteiger partial charge in [0.25, 0.3) is 0 Å². The Hall–Kier alpha value is -0.760. The lowest BCUT2D eigenvalue weighted by Crippen LogP contribution is -2.19. The first-order valence-corrected chi connectivity index (χ1v) is 4.86. The van der Waals surface area contributed by atoms with Crippen molar-refractivity contribution >= 4 is 34.7 Å². The van der Waals surface area contributed by atoms with Crippen molar-refractivity contribution in [3.8, 4) is 0 Å². The maximum absolute atomic E-state index is 5.49. The molecule has 0 aliphatic carbocycles. The molecule has 0 spiro atoms. The SMILES string of the molecule is CN/N=C(/N)SCN(C)/N=C(/N)S. The molecule has 8 heteroatoms. The number of nitrogens with zero attached hydrogens (tertiary/aromatic N) is 3. The molecule has 0 heterocycles. The molecule has 5 N–H and O–H groups in total. The Kier molecular flexibility index (Phi) is 6.33.